The van der Waals surface area contributed by atoms with E-state index >= 15 is 0 Å². The van der Waals surface area contributed by atoms with Gasteiger partial charge in [-0.1, -0.05) is 13.8 Å². The maximum absolute atomic E-state index is 13.4. The van der Waals surface area contributed by atoms with Gasteiger partial charge in [-0.05, 0) is 48.9 Å². The van der Waals surface area contributed by atoms with Crippen LogP contribution in [0.3, 0.4) is 0 Å². The first kappa shape index (κ1) is 10.5. The van der Waals surface area contributed by atoms with Crippen molar-refractivity contribution < 1.29 is 9.13 Å². The van der Waals surface area contributed by atoms with Gasteiger partial charge in [-0.15, -0.1) is 0 Å². The standard InChI is InChI=1S/C13H17FO/c1-9(2)12-8-11(6-7-13(12)14)15-10-4-3-5-10/h6-10H,3-5H2,1-2H3. The predicted molar refractivity (Wildman–Crippen MR) is 58.8 cm³/mol. The van der Waals surface area contributed by atoms with E-state index in [4.69, 9.17) is 4.74 Å². The van der Waals surface area contributed by atoms with Crippen molar-refractivity contribution >= 4 is 0 Å². The van der Waals surface area contributed by atoms with Crippen LogP contribution in [0, 0.1) is 5.82 Å². The van der Waals surface area contributed by atoms with Gasteiger partial charge in [0.1, 0.15) is 11.6 Å². The smallest absolute Gasteiger partial charge is 0.126 e. The van der Waals surface area contributed by atoms with Gasteiger partial charge < -0.3 is 4.74 Å². The minimum Gasteiger partial charge on any atom is -0.490 e. The molecule has 0 N–H and O–H groups in total. The molecule has 1 saturated carbocycles. The van der Waals surface area contributed by atoms with E-state index in [2.05, 4.69) is 0 Å². The van der Waals surface area contributed by atoms with Crippen molar-refractivity contribution in [2.45, 2.75) is 45.1 Å². The van der Waals surface area contributed by atoms with Gasteiger partial charge in [-0.3, -0.25) is 0 Å². The Labute approximate surface area is 90.3 Å². The van der Waals surface area contributed by atoms with Crippen LogP contribution in [0.5, 0.6) is 5.75 Å². The Balaban J connectivity index is 2.14. The highest BCUT2D eigenvalue weighted by atomic mass is 19.1. The Morgan fingerprint density at radius 1 is 1.33 bits per heavy atom. The fourth-order valence-electron chi connectivity index (χ4n) is 1.72. The summed E-state index contributed by atoms with van der Waals surface area (Å²) in [5.41, 5.74) is 0.742. The predicted octanol–water partition coefficient (Wildman–Crippen LogP) is 3.88. The van der Waals surface area contributed by atoms with Crippen LogP contribution in [0.4, 0.5) is 4.39 Å². The van der Waals surface area contributed by atoms with Gasteiger partial charge in [0.25, 0.3) is 0 Å². The van der Waals surface area contributed by atoms with Gasteiger partial charge in [0.2, 0.25) is 0 Å². The van der Waals surface area contributed by atoms with Crippen LogP contribution in [0.1, 0.15) is 44.6 Å². The summed E-state index contributed by atoms with van der Waals surface area (Å²) in [6.07, 6.45) is 3.88. The highest BCUT2D eigenvalue weighted by Gasteiger charge is 2.19. The molecule has 1 fully saturated rings. The summed E-state index contributed by atoms with van der Waals surface area (Å²) in [5.74, 6) is 0.880. The Bertz CT molecular complexity index is 342. The molecule has 0 unspecified atom stereocenters. The van der Waals surface area contributed by atoms with Crippen LogP contribution >= 0.6 is 0 Å². The average molecular weight is 208 g/mol. The summed E-state index contributed by atoms with van der Waals surface area (Å²) < 4.78 is 19.1. The van der Waals surface area contributed by atoms with Crippen LogP contribution < -0.4 is 4.74 Å². The number of hydrogen-bond acceptors (Lipinski definition) is 1. The van der Waals surface area contributed by atoms with E-state index < -0.39 is 0 Å². The molecular weight excluding hydrogens is 191 g/mol. The Morgan fingerprint density at radius 3 is 2.60 bits per heavy atom. The Morgan fingerprint density at radius 2 is 2.07 bits per heavy atom. The number of halogens is 1. The van der Waals surface area contributed by atoms with Gasteiger partial charge in [0.15, 0.2) is 0 Å². The lowest BCUT2D eigenvalue weighted by Crippen LogP contribution is -2.24. The van der Waals surface area contributed by atoms with Crippen molar-refractivity contribution in [2.24, 2.45) is 0 Å². The van der Waals surface area contributed by atoms with Crippen molar-refractivity contribution in [1.29, 1.82) is 0 Å². The van der Waals surface area contributed by atoms with Crippen LogP contribution in [-0.2, 0) is 0 Å². The second-order valence-electron chi connectivity index (χ2n) is 4.51. The zero-order valence-electron chi connectivity index (χ0n) is 9.29. The van der Waals surface area contributed by atoms with Gasteiger partial charge >= 0.3 is 0 Å². The quantitative estimate of drug-likeness (QED) is 0.732. The molecule has 82 valence electrons. The zero-order valence-corrected chi connectivity index (χ0v) is 9.29. The molecule has 1 aromatic carbocycles. The van der Waals surface area contributed by atoms with Crippen molar-refractivity contribution in [1.82, 2.24) is 0 Å². The maximum Gasteiger partial charge on any atom is 0.126 e. The van der Waals surface area contributed by atoms with Gasteiger partial charge in [-0.25, -0.2) is 4.39 Å². The topological polar surface area (TPSA) is 9.23 Å². The molecule has 0 atom stereocenters. The van der Waals surface area contributed by atoms with Gasteiger partial charge in [0, 0.05) is 0 Å². The average Bonchev–Trinajstić information content (AvgIpc) is 2.13. The molecule has 0 radical (unpaired) electrons. The third kappa shape index (κ3) is 2.31. The maximum atomic E-state index is 13.4. The van der Waals surface area contributed by atoms with Crippen LogP contribution in [0.2, 0.25) is 0 Å². The number of hydrogen-bond donors (Lipinski definition) is 0. The largest absolute Gasteiger partial charge is 0.490 e. The molecule has 0 bridgehead atoms. The van der Waals surface area contributed by atoms with Crippen LogP contribution in [0.15, 0.2) is 18.2 Å². The van der Waals surface area contributed by atoms with E-state index in [1.54, 1.807) is 6.07 Å². The Kier molecular flexibility index (Phi) is 2.94. The molecular formula is C13H17FO. The molecule has 0 spiro atoms. The van der Waals surface area contributed by atoms with E-state index in [9.17, 15) is 4.39 Å². The molecule has 2 heteroatoms. The van der Waals surface area contributed by atoms with Crippen molar-refractivity contribution in [3.8, 4) is 5.75 Å². The van der Waals surface area contributed by atoms with Crippen LogP contribution in [-0.4, -0.2) is 6.10 Å². The Hall–Kier alpha value is -1.05. The van der Waals surface area contributed by atoms with Crippen LogP contribution in [0.25, 0.3) is 0 Å². The number of rotatable bonds is 3. The van der Waals surface area contributed by atoms with Gasteiger partial charge in [-0.2, -0.15) is 0 Å². The van der Waals surface area contributed by atoms with E-state index in [-0.39, 0.29) is 11.7 Å². The lowest BCUT2D eigenvalue weighted by Gasteiger charge is -2.26. The summed E-state index contributed by atoms with van der Waals surface area (Å²) in [4.78, 5) is 0. The SMILES string of the molecule is CC(C)c1cc(OC2CCC2)ccc1F. The third-order valence-electron chi connectivity index (χ3n) is 2.94. The molecule has 15 heavy (non-hydrogen) atoms. The molecule has 0 amide bonds. The summed E-state index contributed by atoms with van der Waals surface area (Å²) in [7, 11) is 0. The third-order valence-corrected chi connectivity index (χ3v) is 2.94. The molecule has 1 nitrogen and oxygen atoms in total. The molecule has 0 aliphatic heterocycles. The fraction of sp³-hybridized carbons (Fsp3) is 0.538. The minimum absolute atomic E-state index is 0.133. The summed E-state index contributed by atoms with van der Waals surface area (Å²) in [6, 6.07) is 5.06. The monoisotopic (exact) mass is 208 g/mol. The van der Waals surface area contributed by atoms with Crippen molar-refractivity contribution in [2.75, 3.05) is 0 Å². The lowest BCUT2D eigenvalue weighted by molar-refractivity contribution is 0.120. The first-order chi connectivity index (χ1) is 7.16. The van der Waals surface area contributed by atoms with E-state index in [1.807, 2.05) is 19.9 Å². The fourth-order valence-corrected chi connectivity index (χ4v) is 1.72. The molecule has 1 aliphatic rings. The summed E-state index contributed by atoms with van der Waals surface area (Å²) in [6.45, 7) is 3.98. The normalized spacial score (nSPS) is 16.5. The summed E-state index contributed by atoms with van der Waals surface area (Å²) in [5, 5.41) is 0. The molecule has 0 heterocycles. The number of benzene rings is 1. The van der Waals surface area contributed by atoms with Crippen molar-refractivity contribution in [3.05, 3.63) is 29.6 Å². The molecule has 2 rings (SSSR count). The summed E-state index contributed by atoms with van der Waals surface area (Å²) >= 11 is 0. The zero-order chi connectivity index (χ0) is 10.8. The molecule has 0 saturated heterocycles. The first-order valence-electron chi connectivity index (χ1n) is 5.63. The second kappa shape index (κ2) is 4.21. The highest BCUT2D eigenvalue weighted by Crippen LogP contribution is 2.28. The minimum atomic E-state index is -0.133. The van der Waals surface area contributed by atoms with Gasteiger partial charge in [0.05, 0.1) is 6.10 Å². The van der Waals surface area contributed by atoms with E-state index in [0.717, 1.165) is 24.2 Å². The molecule has 1 aliphatic carbocycles. The molecule has 0 aromatic heterocycles. The first-order valence-corrected chi connectivity index (χ1v) is 5.63. The number of ether oxygens (including phenoxy) is 1. The van der Waals surface area contributed by atoms with E-state index in [1.165, 1.54) is 12.5 Å². The second-order valence-corrected chi connectivity index (χ2v) is 4.51. The molecule has 1 aromatic rings. The lowest BCUT2D eigenvalue weighted by atomic mass is 9.96. The van der Waals surface area contributed by atoms with Crippen molar-refractivity contribution in [3.63, 3.8) is 0 Å². The van der Waals surface area contributed by atoms with E-state index in [0.29, 0.717) is 6.10 Å². The highest BCUT2D eigenvalue weighted by molar-refractivity contribution is 5.32.